The lowest BCUT2D eigenvalue weighted by Crippen LogP contribution is -2.39. The molecule has 0 spiro atoms. The van der Waals surface area contributed by atoms with Gasteiger partial charge in [-0.2, -0.15) is 0 Å². The third kappa shape index (κ3) is 16.8. The van der Waals surface area contributed by atoms with Crippen LogP contribution in [0.2, 0.25) is 0 Å². The van der Waals surface area contributed by atoms with E-state index in [1.54, 1.807) is 20.8 Å². The van der Waals surface area contributed by atoms with E-state index in [1.165, 1.54) is 6.92 Å². The van der Waals surface area contributed by atoms with Crippen LogP contribution in [0.15, 0.2) is 12.2 Å². The van der Waals surface area contributed by atoms with E-state index >= 15 is 0 Å². The van der Waals surface area contributed by atoms with Crippen molar-refractivity contribution in [1.82, 2.24) is 5.32 Å². The quantitative estimate of drug-likeness (QED) is 0.566. The van der Waals surface area contributed by atoms with Crippen molar-refractivity contribution in [3.63, 3.8) is 0 Å². The van der Waals surface area contributed by atoms with Crippen LogP contribution >= 0.6 is 0 Å². The monoisotopic (exact) mass is 203 g/mol. The molecule has 0 unspecified atom stereocenters. The number of carbonyl (C=O) groups is 2. The molecule has 1 amide bonds. The zero-order valence-electron chi connectivity index (χ0n) is 8.92. The smallest absolute Gasteiger partial charge is 0.405 e. The van der Waals surface area contributed by atoms with Crippen LogP contribution in [-0.2, 0) is 4.79 Å². The highest BCUT2D eigenvalue weighted by Crippen LogP contribution is 1.96. The molecule has 5 heteroatoms. The van der Waals surface area contributed by atoms with Crippen molar-refractivity contribution < 1.29 is 19.8 Å². The van der Waals surface area contributed by atoms with Gasteiger partial charge in [0.05, 0.1) is 0 Å². The fourth-order valence-electron chi connectivity index (χ4n) is 0.321. The van der Waals surface area contributed by atoms with Crippen LogP contribution < -0.4 is 5.32 Å². The van der Waals surface area contributed by atoms with Gasteiger partial charge < -0.3 is 15.5 Å². The normalized spacial score (nSPS) is 9.43. The van der Waals surface area contributed by atoms with Gasteiger partial charge in [0.2, 0.25) is 0 Å². The maximum Gasteiger partial charge on any atom is 0.405 e. The summed E-state index contributed by atoms with van der Waals surface area (Å²) in [5.74, 6) is -0.935. The van der Waals surface area contributed by atoms with Crippen LogP contribution in [0, 0.1) is 0 Å². The zero-order chi connectivity index (χ0) is 11.9. The number of aliphatic carboxylic acids is 1. The summed E-state index contributed by atoms with van der Waals surface area (Å²) in [5.41, 5.74) is -0.152. The molecule has 0 aliphatic carbocycles. The Bertz CT molecular complexity index is 215. The zero-order valence-corrected chi connectivity index (χ0v) is 8.92. The van der Waals surface area contributed by atoms with E-state index < -0.39 is 12.1 Å². The van der Waals surface area contributed by atoms with Crippen molar-refractivity contribution in [3.05, 3.63) is 12.2 Å². The molecule has 0 saturated heterocycles. The number of nitrogens with one attached hydrogen (secondary N) is 1. The van der Waals surface area contributed by atoms with Crippen molar-refractivity contribution in [1.29, 1.82) is 0 Å². The van der Waals surface area contributed by atoms with Gasteiger partial charge in [-0.1, -0.05) is 6.58 Å². The van der Waals surface area contributed by atoms with Gasteiger partial charge in [-0.05, 0) is 27.7 Å². The third-order valence-corrected chi connectivity index (χ3v) is 0.847. The lowest BCUT2D eigenvalue weighted by Gasteiger charge is -2.16. The van der Waals surface area contributed by atoms with Crippen molar-refractivity contribution in [2.45, 2.75) is 33.2 Å². The molecule has 0 aromatic rings. The lowest BCUT2D eigenvalue weighted by molar-refractivity contribution is -0.132. The molecule has 0 aromatic heterocycles. The van der Waals surface area contributed by atoms with Crippen LogP contribution in [0.5, 0.6) is 0 Å². The van der Waals surface area contributed by atoms with Gasteiger partial charge in [0.25, 0.3) is 0 Å². The minimum absolute atomic E-state index is 0.176. The van der Waals surface area contributed by atoms with Gasteiger partial charge in [0, 0.05) is 11.1 Å². The molecule has 0 aromatic carbocycles. The van der Waals surface area contributed by atoms with E-state index in [9.17, 15) is 9.59 Å². The Morgan fingerprint density at radius 1 is 1.21 bits per heavy atom. The predicted molar refractivity (Wildman–Crippen MR) is 53.4 cm³/mol. The lowest BCUT2D eigenvalue weighted by atomic mass is 10.1. The van der Waals surface area contributed by atoms with Gasteiger partial charge in [-0.25, -0.2) is 9.59 Å². The van der Waals surface area contributed by atoms with Gasteiger partial charge in [-0.3, -0.25) is 0 Å². The Kier molecular flexibility index (Phi) is 6.43. The Morgan fingerprint density at radius 2 is 1.50 bits per heavy atom. The molecule has 0 atom stereocenters. The first kappa shape index (κ1) is 15.0. The maximum atomic E-state index is 9.90. The molecule has 0 aliphatic rings. The molecular weight excluding hydrogens is 186 g/mol. The number of amides is 1. The van der Waals surface area contributed by atoms with E-state index in [2.05, 4.69) is 11.9 Å². The van der Waals surface area contributed by atoms with E-state index in [0.29, 0.717) is 0 Å². The highest BCUT2D eigenvalue weighted by molar-refractivity contribution is 5.84. The second kappa shape index (κ2) is 6.01. The molecule has 0 saturated carbocycles. The van der Waals surface area contributed by atoms with Gasteiger partial charge in [0.15, 0.2) is 0 Å². The summed E-state index contributed by atoms with van der Waals surface area (Å²) < 4.78 is 0. The summed E-state index contributed by atoms with van der Waals surface area (Å²) >= 11 is 0. The largest absolute Gasteiger partial charge is 0.478 e. The fourth-order valence-corrected chi connectivity index (χ4v) is 0.321. The summed E-state index contributed by atoms with van der Waals surface area (Å²) in [6, 6.07) is 0. The summed E-state index contributed by atoms with van der Waals surface area (Å²) in [5, 5.41) is 18.3. The standard InChI is InChI=1S/C5H11NO2.C4H6O2/c1-5(2,3)6-4(7)8;1-3(2)4(5)6/h6H,1-3H3,(H,7,8);1H2,2H3,(H,5,6). The molecule has 3 N–H and O–H groups in total. The van der Waals surface area contributed by atoms with Gasteiger partial charge >= 0.3 is 12.1 Å². The average molecular weight is 203 g/mol. The molecule has 82 valence electrons. The highest BCUT2D eigenvalue weighted by atomic mass is 16.4. The minimum atomic E-state index is -0.975. The first-order chi connectivity index (χ1) is 6.06. The first-order valence-electron chi connectivity index (χ1n) is 3.96. The number of carboxylic acids is 1. The molecular formula is C9H17NO4. The molecule has 0 fully saturated rings. The van der Waals surface area contributed by atoms with Crippen molar-refractivity contribution >= 4 is 12.1 Å². The topological polar surface area (TPSA) is 86.6 Å². The van der Waals surface area contributed by atoms with Crippen molar-refractivity contribution in [2.24, 2.45) is 0 Å². The van der Waals surface area contributed by atoms with E-state index in [-0.39, 0.29) is 11.1 Å². The summed E-state index contributed by atoms with van der Waals surface area (Å²) in [6.45, 7) is 9.98. The van der Waals surface area contributed by atoms with Crippen LogP contribution in [0.1, 0.15) is 27.7 Å². The van der Waals surface area contributed by atoms with Gasteiger partial charge in [-0.15, -0.1) is 0 Å². The summed E-state index contributed by atoms with van der Waals surface area (Å²) in [7, 11) is 0. The predicted octanol–water partition coefficient (Wildman–Crippen LogP) is 1.70. The van der Waals surface area contributed by atoms with Gasteiger partial charge in [0.1, 0.15) is 0 Å². The summed E-state index contributed by atoms with van der Waals surface area (Å²) in [4.78, 5) is 19.5. The second-order valence-electron chi connectivity index (χ2n) is 3.77. The highest BCUT2D eigenvalue weighted by Gasteiger charge is 2.10. The van der Waals surface area contributed by atoms with E-state index in [1.807, 2.05) is 0 Å². The Hall–Kier alpha value is -1.52. The van der Waals surface area contributed by atoms with Crippen LogP contribution in [0.3, 0.4) is 0 Å². The Morgan fingerprint density at radius 3 is 1.50 bits per heavy atom. The Balaban J connectivity index is 0. The minimum Gasteiger partial charge on any atom is -0.478 e. The van der Waals surface area contributed by atoms with Crippen LogP contribution in [0.4, 0.5) is 4.79 Å². The molecule has 0 radical (unpaired) electrons. The number of hydrogen-bond acceptors (Lipinski definition) is 2. The molecule has 0 rings (SSSR count). The second-order valence-corrected chi connectivity index (χ2v) is 3.77. The summed E-state index contributed by atoms with van der Waals surface area (Å²) in [6.07, 6.45) is -0.975. The molecule has 0 heterocycles. The van der Waals surface area contributed by atoms with E-state index in [0.717, 1.165) is 0 Å². The first-order valence-corrected chi connectivity index (χ1v) is 3.96. The molecule has 0 aliphatic heterocycles. The fraction of sp³-hybridized carbons (Fsp3) is 0.556. The number of rotatable bonds is 1. The maximum absolute atomic E-state index is 9.90. The molecule has 14 heavy (non-hydrogen) atoms. The van der Waals surface area contributed by atoms with Crippen LogP contribution in [0.25, 0.3) is 0 Å². The van der Waals surface area contributed by atoms with Crippen molar-refractivity contribution in [2.75, 3.05) is 0 Å². The SMILES string of the molecule is C=C(C)C(=O)O.CC(C)(C)NC(=O)O. The van der Waals surface area contributed by atoms with E-state index in [4.69, 9.17) is 10.2 Å². The number of hydrogen-bond donors (Lipinski definition) is 3. The molecule has 5 nitrogen and oxygen atoms in total. The van der Waals surface area contributed by atoms with Crippen molar-refractivity contribution in [3.8, 4) is 0 Å². The Labute approximate surface area is 83.4 Å². The molecule has 0 bridgehead atoms. The average Bonchev–Trinajstić information content (AvgIpc) is 1.81. The third-order valence-electron chi connectivity index (χ3n) is 0.847. The van der Waals surface area contributed by atoms with Crippen LogP contribution in [-0.4, -0.2) is 27.8 Å². The number of carboxylic acid groups (broad SMARTS) is 2.